The predicted molar refractivity (Wildman–Crippen MR) is 85.9 cm³/mol. The Morgan fingerprint density at radius 3 is 2.38 bits per heavy atom. The van der Waals surface area contributed by atoms with Gasteiger partial charge in [-0.3, -0.25) is 4.98 Å². The molecule has 4 nitrogen and oxygen atoms in total. The Labute approximate surface area is 126 Å². The first kappa shape index (κ1) is 15.9. The van der Waals surface area contributed by atoms with Gasteiger partial charge in [0.15, 0.2) is 0 Å². The highest BCUT2D eigenvalue weighted by Gasteiger charge is 2.25. The Hall–Kier alpha value is -1.46. The van der Waals surface area contributed by atoms with Crippen LogP contribution in [0.25, 0.3) is 10.9 Å². The number of sulfonamides is 1. The van der Waals surface area contributed by atoms with Crippen molar-refractivity contribution in [1.82, 2.24) is 9.29 Å². The van der Waals surface area contributed by atoms with Crippen molar-refractivity contribution in [3.05, 3.63) is 36.0 Å². The Bertz CT molecular complexity index is 735. The number of aromatic nitrogens is 1. The molecule has 0 saturated heterocycles. The van der Waals surface area contributed by atoms with Crippen LogP contribution >= 0.6 is 0 Å². The summed E-state index contributed by atoms with van der Waals surface area (Å²) in [5.74, 6) is 0.299. The molecule has 0 aliphatic rings. The first-order valence-corrected chi connectivity index (χ1v) is 8.75. The van der Waals surface area contributed by atoms with Gasteiger partial charge in [0, 0.05) is 24.7 Å². The predicted octanol–water partition coefficient (Wildman–Crippen LogP) is 3.39. The average molecular weight is 306 g/mol. The minimum Gasteiger partial charge on any atom is -0.256 e. The number of pyridine rings is 1. The summed E-state index contributed by atoms with van der Waals surface area (Å²) in [6, 6.07) is 7.22. The summed E-state index contributed by atoms with van der Waals surface area (Å²) in [4.78, 5) is 4.75. The molecule has 2 rings (SSSR count). The quantitative estimate of drug-likeness (QED) is 0.851. The fraction of sp³-hybridized carbons (Fsp3) is 0.438. The third-order valence-electron chi connectivity index (χ3n) is 3.71. The monoisotopic (exact) mass is 306 g/mol. The van der Waals surface area contributed by atoms with Crippen molar-refractivity contribution in [2.45, 2.75) is 38.5 Å². The van der Waals surface area contributed by atoms with Gasteiger partial charge in [-0.05, 0) is 29.7 Å². The van der Waals surface area contributed by atoms with Crippen molar-refractivity contribution in [2.24, 2.45) is 0 Å². The van der Waals surface area contributed by atoms with Gasteiger partial charge in [-0.1, -0.05) is 33.8 Å². The largest absolute Gasteiger partial charge is 0.256 e. The molecule has 0 bridgehead atoms. The first-order chi connectivity index (χ1) is 9.93. The van der Waals surface area contributed by atoms with Gasteiger partial charge in [-0.25, -0.2) is 8.42 Å². The van der Waals surface area contributed by atoms with Crippen molar-refractivity contribution >= 4 is 20.9 Å². The third kappa shape index (κ3) is 2.80. The van der Waals surface area contributed by atoms with Crippen molar-refractivity contribution < 1.29 is 8.42 Å². The maximum atomic E-state index is 12.8. The van der Waals surface area contributed by atoms with Gasteiger partial charge in [0.25, 0.3) is 0 Å². The molecule has 2 aromatic rings. The molecule has 0 fully saturated rings. The Kier molecular flexibility index (Phi) is 4.64. The fourth-order valence-corrected chi connectivity index (χ4v) is 4.20. The van der Waals surface area contributed by atoms with E-state index < -0.39 is 10.0 Å². The zero-order valence-corrected chi connectivity index (χ0v) is 13.8. The minimum atomic E-state index is -3.48. The SMILES string of the molecule is CCN(CC)S(=O)(=O)c1ccc(C(C)C)c2ncccc12. The molecule has 0 saturated carbocycles. The number of hydrogen-bond donors (Lipinski definition) is 0. The van der Waals surface area contributed by atoms with Gasteiger partial charge in [0.1, 0.15) is 0 Å². The molecule has 0 N–H and O–H groups in total. The number of fused-ring (bicyclic) bond motifs is 1. The van der Waals surface area contributed by atoms with E-state index in [-0.39, 0.29) is 0 Å². The second-order valence-electron chi connectivity index (χ2n) is 5.30. The van der Waals surface area contributed by atoms with Crippen LogP contribution in [0.3, 0.4) is 0 Å². The summed E-state index contributed by atoms with van der Waals surface area (Å²) in [7, 11) is -3.48. The summed E-state index contributed by atoms with van der Waals surface area (Å²) in [6.45, 7) is 8.80. The van der Waals surface area contributed by atoms with E-state index in [9.17, 15) is 8.42 Å². The molecular weight excluding hydrogens is 284 g/mol. The molecule has 1 heterocycles. The maximum absolute atomic E-state index is 12.8. The van der Waals surface area contributed by atoms with Gasteiger partial charge in [0.2, 0.25) is 10.0 Å². The smallest absolute Gasteiger partial charge is 0.243 e. The van der Waals surface area contributed by atoms with Gasteiger partial charge in [-0.2, -0.15) is 4.31 Å². The lowest BCUT2D eigenvalue weighted by Crippen LogP contribution is -2.30. The molecule has 1 aromatic carbocycles. The van der Waals surface area contributed by atoms with E-state index in [1.54, 1.807) is 18.3 Å². The van der Waals surface area contributed by atoms with Crippen LogP contribution < -0.4 is 0 Å². The van der Waals surface area contributed by atoms with Crippen molar-refractivity contribution in [1.29, 1.82) is 0 Å². The zero-order chi connectivity index (χ0) is 15.6. The highest BCUT2D eigenvalue weighted by atomic mass is 32.2. The van der Waals surface area contributed by atoms with Crippen LogP contribution in [-0.4, -0.2) is 30.8 Å². The Morgan fingerprint density at radius 2 is 1.81 bits per heavy atom. The molecule has 0 unspecified atom stereocenters. The van der Waals surface area contributed by atoms with E-state index in [0.717, 1.165) is 11.1 Å². The Balaban J connectivity index is 2.75. The summed E-state index contributed by atoms with van der Waals surface area (Å²) in [5, 5.41) is 0.704. The van der Waals surface area contributed by atoms with E-state index in [2.05, 4.69) is 18.8 Å². The summed E-state index contributed by atoms with van der Waals surface area (Å²) in [6.07, 6.45) is 1.71. The second-order valence-corrected chi connectivity index (χ2v) is 7.20. The van der Waals surface area contributed by atoms with Gasteiger partial charge >= 0.3 is 0 Å². The molecule has 0 atom stereocenters. The molecule has 0 amide bonds. The fourth-order valence-electron chi connectivity index (χ4n) is 2.56. The lowest BCUT2D eigenvalue weighted by Gasteiger charge is -2.20. The van der Waals surface area contributed by atoms with Crippen LogP contribution in [0.5, 0.6) is 0 Å². The topological polar surface area (TPSA) is 50.3 Å². The standard InChI is InChI=1S/C16H22N2O2S/c1-5-18(6-2)21(19,20)15-10-9-13(12(3)4)16-14(15)8-7-11-17-16/h7-12H,5-6H2,1-4H3. The van der Waals surface area contributed by atoms with Crippen LogP contribution in [0.4, 0.5) is 0 Å². The van der Waals surface area contributed by atoms with Crippen LogP contribution in [-0.2, 0) is 10.0 Å². The maximum Gasteiger partial charge on any atom is 0.243 e. The molecule has 21 heavy (non-hydrogen) atoms. The molecule has 5 heteroatoms. The van der Waals surface area contributed by atoms with Gasteiger partial charge in [0.05, 0.1) is 10.4 Å². The molecular formula is C16H22N2O2S. The van der Waals surface area contributed by atoms with Crippen molar-refractivity contribution in [3.8, 4) is 0 Å². The molecule has 0 spiro atoms. The van der Waals surface area contributed by atoms with E-state index in [1.165, 1.54) is 4.31 Å². The van der Waals surface area contributed by atoms with E-state index in [0.29, 0.717) is 29.3 Å². The number of benzene rings is 1. The highest BCUT2D eigenvalue weighted by molar-refractivity contribution is 7.89. The van der Waals surface area contributed by atoms with Crippen LogP contribution in [0.15, 0.2) is 35.4 Å². The number of rotatable bonds is 5. The highest BCUT2D eigenvalue weighted by Crippen LogP contribution is 2.30. The average Bonchev–Trinajstić information content (AvgIpc) is 2.46. The van der Waals surface area contributed by atoms with Gasteiger partial charge < -0.3 is 0 Å². The van der Waals surface area contributed by atoms with E-state index >= 15 is 0 Å². The lowest BCUT2D eigenvalue weighted by molar-refractivity contribution is 0.446. The second kappa shape index (κ2) is 6.12. The molecule has 0 radical (unpaired) electrons. The molecule has 114 valence electrons. The third-order valence-corrected chi connectivity index (χ3v) is 5.81. The van der Waals surface area contributed by atoms with Crippen LogP contribution in [0.2, 0.25) is 0 Å². The van der Waals surface area contributed by atoms with E-state index in [4.69, 9.17) is 0 Å². The van der Waals surface area contributed by atoms with Gasteiger partial charge in [-0.15, -0.1) is 0 Å². The zero-order valence-electron chi connectivity index (χ0n) is 13.0. The Morgan fingerprint density at radius 1 is 1.14 bits per heavy atom. The van der Waals surface area contributed by atoms with Crippen LogP contribution in [0, 0.1) is 0 Å². The summed E-state index contributed by atoms with van der Waals surface area (Å²) in [5.41, 5.74) is 1.85. The minimum absolute atomic E-state index is 0.299. The summed E-state index contributed by atoms with van der Waals surface area (Å²) < 4.78 is 27.1. The van der Waals surface area contributed by atoms with Crippen molar-refractivity contribution in [2.75, 3.05) is 13.1 Å². The molecule has 0 aliphatic carbocycles. The number of nitrogens with zero attached hydrogens (tertiary/aromatic N) is 2. The van der Waals surface area contributed by atoms with Crippen LogP contribution in [0.1, 0.15) is 39.2 Å². The molecule has 0 aliphatic heterocycles. The normalized spacial score (nSPS) is 12.5. The first-order valence-electron chi connectivity index (χ1n) is 7.31. The summed E-state index contributed by atoms with van der Waals surface area (Å²) >= 11 is 0. The number of hydrogen-bond acceptors (Lipinski definition) is 3. The van der Waals surface area contributed by atoms with Crippen molar-refractivity contribution in [3.63, 3.8) is 0 Å². The lowest BCUT2D eigenvalue weighted by atomic mass is 10.00. The van der Waals surface area contributed by atoms with E-state index in [1.807, 2.05) is 26.0 Å². The molecule has 1 aromatic heterocycles.